The number of thiophene rings is 1. The molecule has 1 atom stereocenters. The van der Waals surface area contributed by atoms with Crippen molar-refractivity contribution in [3.05, 3.63) is 64.0 Å². The van der Waals surface area contributed by atoms with E-state index in [2.05, 4.69) is 9.71 Å². The Labute approximate surface area is 212 Å². The molecule has 9 nitrogen and oxygen atoms in total. The molecule has 184 valence electrons. The number of nitrogens with zero attached hydrogens (tertiary/aromatic N) is 3. The molecule has 0 bridgehead atoms. The summed E-state index contributed by atoms with van der Waals surface area (Å²) in [7, 11) is -0.185. The normalized spacial score (nSPS) is 16.5. The van der Waals surface area contributed by atoms with E-state index in [1.165, 1.54) is 16.2 Å². The first kappa shape index (κ1) is 25.0. The van der Waals surface area contributed by atoms with Crippen LogP contribution in [0.1, 0.15) is 15.2 Å². The number of cyclic esters (lactones) is 1. The Kier molecular flexibility index (Phi) is 7.02. The highest BCUT2D eigenvalue weighted by molar-refractivity contribution is 7.89. The van der Waals surface area contributed by atoms with Gasteiger partial charge in [0.05, 0.1) is 24.2 Å². The van der Waals surface area contributed by atoms with Gasteiger partial charge in [-0.3, -0.25) is 9.69 Å². The fourth-order valence-corrected chi connectivity index (χ4v) is 5.43. The summed E-state index contributed by atoms with van der Waals surface area (Å²) in [6.45, 7) is 0.429. The number of anilines is 1. The van der Waals surface area contributed by atoms with Crippen molar-refractivity contribution in [2.24, 2.45) is 4.40 Å². The van der Waals surface area contributed by atoms with Crippen LogP contribution in [-0.2, 0) is 14.8 Å². The third kappa shape index (κ3) is 5.92. The Bertz CT molecular complexity index is 1420. The van der Waals surface area contributed by atoms with Gasteiger partial charge in [-0.1, -0.05) is 17.7 Å². The largest absolute Gasteiger partial charge is 0.442 e. The molecule has 2 aromatic carbocycles. The topological polar surface area (TPSA) is 108 Å². The molecule has 35 heavy (non-hydrogen) atoms. The van der Waals surface area contributed by atoms with E-state index in [1.807, 2.05) is 12.1 Å². The summed E-state index contributed by atoms with van der Waals surface area (Å²) in [5, 5.41) is 4.37. The predicted octanol–water partition coefficient (Wildman–Crippen LogP) is 3.58. The van der Waals surface area contributed by atoms with Crippen molar-refractivity contribution in [3.63, 3.8) is 0 Å². The number of amidine groups is 1. The minimum Gasteiger partial charge on any atom is -0.442 e. The maximum absolute atomic E-state index is 12.6. The first-order chi connectivity index (χ1) is 16.5. The number of fused-ring (bicyclic) bond motifs is 1. The van der Waals surface area contributed by atoms with Crippen LogP contribution >= 0.6 is 22.9 Å². The van der Waals surface area contributed by atoms with Gasteiger partial charge in [0, 0.05) is 35.1 Å². The molecule has 2 amide bonds. The predicted molar refractivity (Wildman–Crippen MR) is 138 cm³/mol. The average molecular weight is 535 g/mol. The van der Waals surface area contributed by atoms with Crippen LogP contribution in [-0.4, -0.2) is 70.7 Å². The summed E-state index contributed by atoms with van der Waals surface area (Å²) in [5.74, 6) is 0.0368. The Hall–Kier alpha value is -3.15. The lowest BCUT2D eigenvalue weighted by atomic mass is 10.1. The van der Waals surface area contributed by atoms with E-state index in [4.69, 9.17) is 16.3 Å². The third-order valence-electron chi connectivity index (χ3n) is 5.18. The number of benzene rings is 2. The number of hydrogen-bond donors (Lipinski definition) is 1. The molecule has 1 aromatic heterocycles. The second kappa shape index (κ2) is 9.84. The highest BCUT2D eigenvalue weighted by Gasteiger charge is 2.32. The molecule has 0 radical (unpaired) electrons. The van der Waals surface area contributed by atoms with Gasteiger partial charge in [-0.05, 0) is 47.9 Å². The van der Waals surface area contributed by atoms with Gasteiger partial charge in [0.2, 0.25) is 0 Å². The van der Waals surface area contributed by atoms with Crippen molar-refractivity contribution in [1.82, 2.24) is 10.2 Å². The Morgan fingerprint density at radius 3 is 2.60 bits per heavy atom. The molecule has 1 aliphatic heterocycles. The first-order valence-electron chi connectivity index (χ1n) is 10.5. The molecule has 2 heterocycles. The quantitative estimate of drug-likeness (QED) is 0.382. The molecule has 1 fully saturated rings. The van der Waals surface area contributed by atoms with Crippen molar-refractivity contribution in [2.75, 3.05) is 38.3 Å². The van der Waals surface area contributed by atoms with Crippen molar-refractivity contribution >= 4 is 66.6 Å². The van der Waals surface area contributed by atoms with Gasteiger partial charge < -0.3 is 15.0 Å². The molecule has 0 aliphatic carbocycles. The minimum absolute atomic E-state index is 0.167. The second-order valence-electron chi connectivity index (χ2n) is 8.21. The van der Waals surface area contributed by atoms with Gasteiger partial charge in [0.15, 0.2) is 0 Å². The van der Waals surface area contributed by atoms with Gasteiger partial charge in [0.25, 0.3) is 15.9 Å². The van der Waals surface area contributed by atoms with Crippen molar-refractivity contribution in [2.45, 2.75) is 6.10 Å². The summed E-state index contributed by atoms with van der Waals surface area (Å²) >= 11 is 7.36. The van der Waals surface area contributed by atoms with Crippen molar-refractivity contribution < 1.29 is 22.7 Å². The number of ether oxygens (including phenoxy) is 1. The monoisotopic (exact) mass is 534 g/mol. The lowest BCUT2D eigenvalue weighted by Gasteiger charge is -2.17. The number of halogens is 1. The van der Waals surface area contributed by atoms with E-state index in [0.29, 0.717) is 21.2 Å². The molecule has 1 aliphatic rings. The maximum Gasteiger partial charge on any atom is 0.414 e. The van der Waals surface area contributed by atoms with Crippen LogP contribution in [0, 0.1) is 0 Å². The molecule has 4 rings (SSSR count). The van der Waals surface area contributed by atoms with Crippen LogP contribution in [0.2, 0.25) is 5.02 Å². The smallest absolute Gasteiger partial charge is 0.414 e. The molecular formula is C23H23ClN4O5S2. The molecule has 1 unspecified atom stereocenters. The third-order valence-corrected chi connectivity index (χ3v) is 7.02. The van der Waals surface area contributed by atoms with Gasteiger partial charge in [-0.2, -0.15) is 0 Å². The van der Waals surface area contributed by atoms with Gasteiger partial charge in [-0.15, -0.1) is 15.7 Å². The second-order valence-corrected chi connectivity index (χ2v) is 11.4. The molecule has 0 saturated carbocycles. The number of hydrogen-bond acceptors (Lipinski definition) is 6. The molecule has 1 N–H and O–H groups in total. The molecule has 0 spiro atoms. The van der Waals surface area contributed by atoms with E-state index in [-0.39, 0.29) is 24.8 Å². The summed E-state index contributed by atoms with van der Waals surface area (Å²) in [6.07, 6.45) is -0.00864. The zero-order chi connectivity index (χ0) is 25.3. The average Bonchev–Trinajstić information content (AvgIpc) is 3.38. The van der Waals surface area contributed by atoms with E-state index in [1.54, 1.807) is 55.4 Å². The summed E-state index contributed by atoms with van der Waals surface area (Å²) in [5.41, 5.74) is 1.18. The Morgan fingerprint density at radius 1 is 1.23 bits per heavy atom. The number of amides is 2. The summed E-state index contributed by atoms with van der Waals surface area (Å²) < 4.78 is 33.3. The highest BCUT2D eigenvalue weighted by Crippen LogP contribution is 2.28. The molecule has 3 aromatic rings. The standard InChI is InChI=1S/C23H23ClN4O5S2/c1-27(2)21(26-35(3,31)32)14-5-8-17(9-6-14)28-13-18(33-23(28)30)12-25-22(29)20-10-15-4-7-16(24)11-19(15)34-20/h4-11,18H,12-13H2,1-3H3,(H,25,29)/b26-21-. The Balaban J connectivity index is 1.40. The van der Waals surface area contributed by atoms with Gasteiger partial charge in [0.1, 0.15) is 11.9 Å². The van der Waals surface area contributed by atoms with E-state index in [0.717, 1.165) is 16.3 Å². The fourth-order valence-electron chi connectivity index (χ4n) is 3.59. The zero-order valence-corrected chi connectivity index (χ0v) is 21.6. The number of sulfonamides is 1. The Morgan fingerprint density at radius 2 is 1.94 bits per heavy atom. The lowest BCUT2D eigenvalue weighted by Crippen LogP contribution is -2.34. The number of carbonyl (C=O) groups is 2. The van der Waals surface area contributed by atoms with E-state index in [9.17, 15) is 18.0 Å². The number of rotatable bonds is 6. The SMILES string of the molecule is CN(C)/C(=N\S(C)(=O)=O)c1ccc(N2CC(CNC(=O)c3cc4ccc(Cl)cc4s3)OC2=O)cc1. The lowest BCUT2D eigenvalue weighted by molar-refractivity contribution is 0.0920. The van der Waals surface area contributed by atoms with Crippen LogP contribution < -0.4 is 10.2 Å². The van der Waals surface area contributed by atoms with Crippen molar-refractivity contribution in [1.29, 1.82) is 0 Å². The first-order valence-corrected chi connectivity index (χ1v) is 13.6. The summed E-state index contributed by atoms with van der Waals surface area (Å²) in [4.78, 5) is 28.6. The van der Waals surface area contributed by atoms with E-state index < -0.39 is 22.2 Å². The van der Waals surface area contributed by atoms with Crippen LogP contribution in [0.25, 0.3) is 10.1 Å². The molecular weight excluding hydrogens is 512 g/mol. The number of carbonyl (C=O) groups excluding carboxylic acids is 2. The van der Waals surface area contributed by atoms with E-state index >= 15 is 0 Å². The molecule has 1 saturated heterocycles. The zero-order valence-electron chi connectivity index (χ0n) is 19.2. The number of nitrogens with one attached hydrogen (secondary N) is 1. The van der Waals surface area contributed by atoms with Crippen LogP contribution in [0.4, 0.5) is 10.5 Å². The highest BCUT2D eigenvalue weighted by atomic mass is 35.5. The van der Waals surface area contributed by atoms with Crippen molar-refractivity contribution in [3.8, 4) is 0 Å². The molecule has 12 heteroatoms. The summed E-state index contributed by atoms with van der Waals surface area (Å²) in [6, 6.07) is 14.0. The maximum atomic E-state index is 12.6. The van der Waals surface area contributed by atoms with Gasteiger partial charge >= 0.3 is 6.09 Å². The fraction of sp³-hybridized carbons (Fsp3) is 0.261. The van der Waals surface area contributed by atoms with Gasteiger partial charge in [-0.25, -0.2) is 13.2 Å². The van der Waals surface area contributed by atoms with Crippen LogP contribution in [0.15, 0.2) is 52.9 Å². The minimum atomic E-state index is -3.58. The van der Waals surface area contributed by atoms with Crippen LogP contribution in [0.5, 0.6) is 0 Å². The van der Waals surface area contributed by atoms with Crippen LogP contribution in [0.3, 0.4) is 0 Å².